The van der Waals surface area contributed by atoms with Gasteiger partial charge in [0.05, 0.1) is 6.20 Å². The third kappa shape index (κ3) is 1.98. The molecule has 0 aliphatic rings. The average molecular weight is 191 g/mol. The highest BCUT2D eigenvalue weighted by molar-refractivity contribution is 5.89. The molecule has 2 aromatic heterocycles. The van der Waals surface area contributed by atoms with E-state index in [1.54, 1.807) is 35.4 Å². The molecule has 0 aliphatic carbocycles. The summed E-state index contributed by atoms with van der Waals surface area (Å²) in [5.74, 6) is 0.445. The van der Waals surface area contributed by atoms with Crippen molar-refractivity contribution >= 4 is 11.7 Å². The molecule has 0 fully saturated rings. The van der Waals surface area contributed by atoms with E-state index in [9.17, 15) is 4.79 Å². The van der Waals surface area contributed by atoms with Crippen LogP contribution in [-0.4, -0.2) is 25.9 Å². The Hall–Kier alpha value is -2.11. The van der Waals surface area contributed by atoms with Crippen LogP contribution in [0.25, 0.3) is 0 Å². The number of nitrogens with one attached hydrogen (secondary N) is 2. The molecule has 0 saturated carbocycles. The van der Waals surface area contributed by atoms with Gasteiger partial charge in [0.1, 0.15) is 12.4 Å². The first-order valence-corrected chi connectivity index (χ1v) is 4.11. The number of amides is 1. The summed E-state index contributed by atoms with van der Waals surface area (Å²) in [4.78, 5) is 11.4. The molecule has 72 valence electrons. The Labute approximate surface area is 79.9 Å². The van der Waals surface area contributed by atoms with Crippen LogP contribution in [0.3, 0.4) is 0 Å². The fraction of sp³-hybridized carbons (Fsp3) is 0.125. The smallest absolute Gasteiger partial charge is 0.247 e. The predicted molar refractivity (Wildman–Crippen MR) is 49.4 cm³/mol. The zero-order chi connectivity index (χ0) is 9.80. The van der Waals surface area contributed by atoms with E-state index in [2.05, 4.69) is 20.6 Å². The lowest BCUT2D eigenvalue weighted by Crippen LogP contribution is -2.19. The molecule has 2 rings (SSSR count). The maximum atomic E-state index is 11.4. The second-order valence-electron chi connectivity index (χ2n) is 2.72. The maximum absolute atomic E-state index is 11.4. The third-order valence-electron chi connectivity index (χ3n) is 1.64. The lowest BCUT2D eigenvalue weighted by atomic mass is 10.5. The van der Waals surface area contributed by atoms with Crippen LogP contribution < -0.4 is 5.32 Å². The summed E-state index contributed by atoms with van der Waals surface area (Å²) in [5, 5.41) is 12.9. The third-order valence-corrected chi connectivity index (χ3v) is 1.64. The summed E-state index contributed by atoms with van der Waals surface area (Å²) in [6.07, 6.45) is 4.93. The van der Waals surface area contributed by atoms with Crippen molar-refractivity contribution in [1.29, 1.82) is 0 Å². The molecule has 6 heteroatoms. The summed E-state index contributed by atoms with van der Waals surface area (Å²) in [6, 6.07) is 3.45. The first-order valence-electron chi connectivity index (χ1n) is 4.11. The van der Waals surface area contributed by atoms with E-state index in [1.165, 1.54) is 0 Å². The van der Waals surface area contributed by atoms with Crippen molar-refractivity contribution < 1.29 is 4.79 Å². The molecule has 0 radical (unpaired) electrons. The van der Waals surface area contributed by atoms with Crippen molar-refractivity contribution in [1.82, 2.24) is 20.0 Å². The van der Waals surface area contributed by atoms with Gasteiger partial charge in [-0.3, -0.25) is 14.6 Å². The first-order chi connectivity index (χ1) is 6.84. The Kier molecular flexibility index (Phi) is 2.26. The SMILES string of the molecule is O=C(Cn1cccn1)Nc1ccn[nH]1. The van der Waals surface area contributed by atoms with E-state index >= 15 is 0 Å². The van der Waals surface area contributed by atoms with Crippen LogP contribution in [0, 0.1) is 0 Å². The van der Waals surface area contributed by atoms with E-state index in [0.29, 0.717) is 5.82 Å². The Morgan fingerprint density at radius 2 is 2.50 bits per heavy atom. The van der Waals surface area contributed by atoms with Gasteiger partial charge in [0.25, 0.3) is 0 Å². The van der Waals surface area contributed by atoms with Crippen molar-refractivity contribution in [2.24, 2.45) is 0 Å². The lowest BCUT2D eigenvalue weighted by molar-refractivity contribution is -0.116. The standard InChI is InChI=1S/C8H9N5O/c14-8(6-13-5-1-3-10-13)11-7-2-4-9-12-7/h1-5H,6H2,(H2,9,11,12,14). The van der Waals surface area contributed by atoms with E-state index in [0.717, 1.165) is 0 Å². The summed E-state index contributed by atoms with van der Waals surface area (Å²) >= 11 is 0. The van der Waals surface area contributed by atoms with Gasteiger partial charge in [-0.2, -0.15) is 10.2 Å². The molecule has 6 nitrogen and oxygen atoms in total. The van der Waals surface area contributed by atoms with Gasteiger partial charge in [-0.25, -0.2) is 0 Å². The zero-order valence-electron chi connectivity index (χ0n) is 7.34. The summed E-state index contributed by atoms with van der Waals surface area (Å²) < 4.78 is 1.55. The molecule has 0 spiro atoms. The molecule has 0 saturated heterocycles. The Bertz CT molecular complexity index is 353. The molecule has 2 N–H and O–H groups in total. The van der Waals surface area contributed by atoms with Crippen LogP contribution in [0.5, 0.6) is 0 Å². The molecular formula is C8H9N5O. The van der Waals surface area contributed by atoms with Crippen molar-refractivity contribution in [2.75, 3.05) is 5.32 Å². The summed E-state index contributed by atoms with van der Waals surface area (Å²) in [5.41, 5.74) is 0. The van der Waals surface area contributed by atoms with E-state index in [-0.39, 0.29) is 12.5 Å². The highest BCUT2D eigenvalue weighted by atomic mass is 16.2. The Balaban J connectivity index is 1.91. The molecule has 0 aliphatic heterocycles. The molecule has 0 atom stereocenters. The van der Waals surface area contributed by atoms with Gasteiger partial charge in [-0.05, 0) is 6.07 Å². The lowest BCUT2D eigenvalue weighted by Gasteiger charge is -2.01. The van der Waals surface area contributed by atoms with Crippen LogP contribution >= 0.6 is 0 Å². The van der Waals surface area contributed by atoms with Crippen molar-refractivity contribution in [3.05, 3.63) is 30.7 Å². The molecule has 2 aromatic rings. The van der Waals surface area contributed by atoms with Gasteiger partial charge in [-0.15, -0.1) is 0 Å². The van der Waals surface area contributed by atoms with E-state index < -0.39 is 0 Å². The number of nitrogens with zero attached hydrogens (tertiary/aromatic N) is 3. The van der Waals surface area contributed by atoms with Gasteiger partial charge >= 0.3 is 0 Å². The number of hydrogen-bond acceptors (Lipinski definition) is 3. The average Bonchev–Trinajstić information content (AvgIpc) is 2.76. The topological polar surface area (TPSA) is 75.6 Å². The molecule has 14 heavy (non-hydrogen) atoms. The van der Waals surface area contributed by atoms with Crippen LogP contribution in [0.1, 0.15) is 0 Å². The normalized spacial score (nSPS) is 10.0. The zero-order valence-corrected chi connectivity index (χ0v) is 7.34. The summed E-state index contributed by atoms with van der Waals surface area (Å²) in [6.45, 7) is 0.200. The number of H-pyrrole nitrogens is 1. The first kappa shape index (κ1) is 8.49. The fourth-order valence-corrected chi connectivity index (χ4v) is 1.06. The number of carbonyl (C=O) groups is 1. The minimum absolute atomic E-state index is 0.141. The highest BCUT2D eigenvalue weighted by Crippen LogP contribution is 1.98. The number of carbonyl (C=O) groups excluding carboxylic acids is 1. The minimum Gasteiger partial charge on any atom is -0.309 e. The fourth-order valence-electron chi connectivity index (χ4n) is 1.06. The number of hydrogen-bond donors (Lipinski definition) is 2. The van der Waals surface area contributed by atoms with Crippen molar-refractivity contribution in [3.8, 4) is 0 Å². The number of anilines is 1. The van der Waals surface area contributed by atoms with Crippen LogP contribution in [-0.2, 0) is 11.3 Å². The monoisotopic (exact) mass is 191 g/mol. The molecule has 0 bridgehead atoms. The van der Waals surface area contributed by atoms with Gasteiger partial charge in [0.2, 0.25) is 5.91 Å². The second-order valence-corrected chi connectivity index (χ2v) is 2.72. The maximum Gasteiger partial charge on any atom is 0.247 e. The van der Waals surface area contributed by atoms with Crippen molar-refractivity contribution in [2.45, 2.75) is 6.54 Å². The highest BCUT2D eigenvalue weighted by Gasteiger charge is 2.03. The molecule has 2 heterocycles. The van der Waals surface area contributed by atoms with Crippen LogP contribution in [0.15, 0.2) is 30.7 Å². The quantitative estimate of drug-likeness (QED) is 0.729. The second kappa shape index (κ2) is 3.73. The van der Waals surface area contributed by atoms with Gasteiger partial charge in [0.15, 0.2) is 0 Å². The largest absolute Gasteiger partial charge is 0.309 e. The molecule has 0 aromatic carbocycles. The minimum atomic E-state index is -0.141. The van der Waals surface area contributed by atoms with E-state index in [1.807, 2.05) is 0 Å². The van der Waals surface area contributed by atoms with Crippen LogP contribution in [0.2, 0.25) is 0 Å². The van der Waals surface area contributed by atoms with Crippen LogP contribution in [0.4, 0.5) is 5.82 Å². The number of aromatic nitrogens is 4. The molecule has 0 unspecified atom stereocenters. The Morgan fingerprint density at radius 1 is 1.57 bits per heavy atom. The van der Waals surface area contributed by atoms with Crippen molar-refractivity contribution in [3.63, 3.8) is 0 Å². The van der Waals surface area contributed by atoms with Gasteiger partial charge < -0.3 is 5.32 Å². The van der Waals surface area contributed by atoms with Gasteiger partial charge in [-0.1, -0.05) is 0 Å². The Morgan fingerprint density at radius 3 is 3.14 bits per heavy atom. The number of rotatable bonds is 3. The van der Waals surface area contributed by atoms with E-state index in [4.69, 9.17) is 0 Å². The summed E-state index contributed by atoms with van der Waals surface area (Å²) in [7, 11) is 0. The predicted octanol–water partition coefficient (Wildman–Crippen LogP) is 0.245. The number of aromatic amines is 1. The molecular weight excluding hydrogens is 182 g/mol. The molecule has 1 amide bonds. The van der Waals surface area contributed by atoms with Gasteiger partial charge in [0, 0.05) is 18.5 Å².